The van der Waals surface area contributed by atoms with Crippen molar-refractivity contribution < 1.29 is 9.90 Å². The van der Waals surface area contributed by atoms with Gasteiger partial charge in [0.1, 0.15) is 5.75 Å². The Labute approximate surface area is 164 Å². The van der Waals surface area contributed by atoms with Gasteiger partial charge in [-0.3, -0.25) is 4.79 Å². The number of hydrogen-bond acceptors (Lipinski definition) is 4. The van der Waals surface area contributed by atoms with Gasteiger partial charge in [0.2, 0.25) is 5.91 Å². The van der Waals surface area contributed by atoms with E-state index in [-0.39, 0.29) is 17.6 Å². The lowest BCUT2D eigenvalue weighted by Crippen LogP contribution is -2.32. The number of thiocarbonyl (C=S) groups is 1. The molecule has 0 bridgehead atoms. The van der Waals surface area contributed by atoms with Crippen LogP contribution in [0.5, 0.6) is 5.75 Å². The minimum atomic E-state index is -0.0988. The maximum atomic E-state index is 11.4. The molecule has 1 unspecified atom stereocenters. The highest BCUT2D eigenvalue weighted by Gasteiger charge is 2.22. The van der Waals surface area contributed by atoms with Gasteiger partial charge in [0.05, 0.1) is 11.4 Å². The van der Waals surface area contributed by atoms with Crippen molar-refractivity contribution in [2.24, 2.45) is 11.0 Å². The number of nitrogens with zero attached hydrogens (tertiary/aromatic N) is 1. The molecule has 1 heterocycles. The number of anilines is 2. The summed E-state index contributed by atoms with van der Waals surface area (Å²) in [5, 5.41) is 20.7. The number of hydrazone groups is 1. The van der Waals surface area contributed by atoms with Crippen LogP contribution in [-0.2, 0) is 4.79 Å². The molecule has 1 aliphatic rings. The van der Waals surface area contributed by atoms with Gasteiger partial charge in [-0.15, -0.1) is 0 Å². The van der Waals surface area contributed by atoms with E-state index in [9.17, 15) is 9.90 Å². The molecule has 6 nitrogen and oxygen atoms in total. The third-order valence-corrected chi connectivity index (χ3v) is 4.63. The summed E-state index contributed by atoms with van der Waals surface area (Å²) in [7, 11) is 0. The second-order valence-electron chi connectivity index (χ2n) is 5.96. The second-order valence-corrected chi connectivity index (χ2v) is 7.28. The molecule has 1 amide bonds. The minimum absolute atomic E-state index is 0.00557. The number of amides is 1. The number of benzene rings is 2. The van der Waals surface area contributed by atoms with Crippen molar-refractivity contribution in [1.29, 1.82) is 0 Å². The van der Waals surface area contributed by atoms with Crippen LogP contribution in [0.15, 0.2) is 52.0 Å². The molecule has 1 aliphatic heterocycles. The van der Waals surface area contributed by atoms with Crippen molar-refractivity contribution in [2.75, 3.05) is 10.6 Å². The van der Waals surface area contributed by atoms with Crippen LogP contribution < -0.4 is 16.1 Å². The van der Waals surface area contributed by atoms with E-state index in [2.05, 4.69) is 37.1 Å². The van der Waals surface area contributed by atoms with E-state index < -0.39 is 0 Å². The number of aromatic hydroxyl groups is 1. The van der Waals surface area contributed by atoms with Crippen LogP contribution in [-0.4, -0.2) is 21.8 Å². The molecular formula is C18H17BrN4O2S. The molecule has 0 aromatic heterocycles. The zero-order valence-corrected chi connectivity index (χ0v) is 16.3. The molecule has 1 atom stereocenters. The molecule has 0 radical (unpaired) electrons. The zero-order chi connectivity index (χ0) is 18.7. The molecule has 0 spiro atoms. The Bertz CT molecular complexity index is 883. The summed E-state index contributed by atoms with van der Waals surface area (Å²) in [4.78, 5) is 11.4. The Morgan fingerprint density at radius 2 is 2.00 bits per heavy atom. The molecule has 4 N–H and O–H groups in total. The van der Waals surface area contributed by atoms with Crippen molar-refractivity contribution in [3.05, 3.63) is 52.5 Å². The fourth-order valence-electron chi connectivity index (χ4n) is 2.62. The average molecular weight is 433 g/mol. The van der Waals surface area contributed by atoms with Crippen LogP contribution in [0, 0.1) is 5.92 Å². The highest BCUT2D eigenvalue weighted by atomic mass is 79.9. The molecule has 0 aliphatic carbocycles. The number of carbonyl (C=O) groups is 1. The van der Waals surface area contributed by atoms with Crippen molar-refractivity contribution in [1.82, 2.24) is 5.43 Å². The maximum absolute atomic E-state index is 11.4. The van der Waals surface area contributed by atoms with E-state index in [1.165, 1.54) is 0 Å². The quantitative estimate of drug-likeness (QED) is 0.437. The van der Waals surface area contributed by atoms with Gasteiger partial charge in [-0.1, -0.05) is 22.9 Å². The summed E-state index contributed by atoms with van der Waals surface area (Å²) in [5.41, 5.74) is 5.36. The second kappa shape index (κ2) is 7.84. The largest absolute Gasteiger partial charge is 0.506 e. The SMILES string of the molecule is CC1CC(=O)NN=C1c1ccc(O)c(NC(=S)Nc2ccc(Br)cc2)c1. The highest BCUT2D eigenvalue weighted by Crippen LogP contribution is 2.27. The number of hydrogen-bond donors (Lipinski definition) is 4. The highest BCUT2D eigenvalue weighted by molar-refractivity contribution is 9.10. The third kappa shape index (κ3) is 4.39. The molecule has 2 aromatic carbocycles. The molecule has 3 rings (SSSR count). The molecule has 0 fully saturated rings. The Morgan fingerprint density at radius 1 is 1.27 bits per heavy atom. The standard InChI is InChI=1S/C18H17BrN4O2S/c1-10-8-16(25)22-23-17(10)11-2-7-15(24)14(9-11)21-18(26)20-13-5-3-12(19)4-6-13/h2-7,9-10,24H,8H2,1H3,(H,22,25)(H2,20,21,26). The summed E-state index contributed by atoms with van der Waals surface area (Å²) in [6, 6.07) is 12.7. The summed E-state index contributed by atoms with van der Waals surface area (Å²) in [6.07, 6.45) is 0.381. The van der Waals surface area contributed by atoms with Gasteiger partial charge >= 0.3 is 0 Å². The van der Waals surface area contributed by atoms with Crippen LogP contribution in [0.2, 0.25) is 0 Å². The fraction of sp³-hybridized carbons (Fsp3) is 0.167. The molecule has 134 valence electrons. The monoisotopic (exact) mass is 432 g/mol. The summed E-state index contributed by atoms with van der Waals surface area (Å²) in [5.74, 6) is -0.0333. The predicted molar refractivity (Wildman–Crippen MR) is 111 cm³/mol. The fourth-order valence-corrected chi connectivity index (χ4v) is 3.11. The van der Waals surface area contributed by atoms with Crippen LogP contribution in [0.4, 0.5) is 11.4 Å². The van der Waals surface area contributed by atoms with Gasteiger partial charge in [0, 0.05) is 28.1 Å². The Kier molecular flexibility index (Phi) is 5.53. The van der Waals surface area contributed by atoms with Crippen LogP contribution in [0.1, 0.15) is 18.9 Å². The summed E-state index contributed by atoms with van der Waals surface area (Å²) >= 11 is 8.70. The van der Waals surface area contributed by atoms with E-state index in [1.54, 1.807) is 18.2 Å². The number of phenols is 1. The van der Waals surface area contributed by atoms with Gasteiger partial charge in [-0.2, -0.15) is 5.10 Å². The number of nitrogens with one attached hydrogen (secondary N) is 3. The molecular weight excluding hydrogens is 416 g/mol. The first-order chi connectivity index (χ1) is 12.4. The molecule has 8 heteroatoms. The summed E-state index contributed by atoms with van der Waals surface area (Å²) in [6.45, 7) is 1.94. The van der Waals surface area contributed by atoms with E-state index in [1.807, 2.05) is 31.2 Å². The van der Waals surface area contributed by atoms with Crippen LogP contribution >= 0.6 is 28.1 Å². The van der Waals surface area contributed by atoms with Gasteiger partial charge in [0.25, 0.3) is 0 Å². The van der Waals surface area contributed by atoms with Crippen LogP contribution in [0.25, 0.3) is 0 Å². The number of carbonyl (C=O) groups excluding carboxylic acids is 1. The van der Waals surface area contributed by atoms with E-state index in [4.69, 9.17) is 12.2 Å². The minimum Gasteiger partial charge on any atom is -0.506 e. The first kappa shape index (κ1) is 18.3. The van der Waals surface area contributed by atoms with E-state index >= 15 is 0 Å². The molecule has 26 heavy (non-hydrogen) atoms. The molecule has 2 aromatic rings. The first-order valence-corrected chi connectivity index (χ1v) is 9.16. The van der Waals surface area contributed by atoms with Crippen molar-refractivity contribution in [3.63, 3.8) is 0 Å². The zero-order valence-electron chi connectivity index (χ0n) is 13.9. The Morgan fingerprint density at radius 3 is 2.69 bits per heavy atom. The third-order valence-electron chi connectivity index (χ3n) is 3.90. The van der Waals surface area contributed by atoms with Crippen molar-refractivity contribution in [3.8, 4) is 5.75 Å². The van der Waals surface area contributed by atoms with E-state index in [0.717, 1.165) is 21.4 Å². The Hall–Kier alpha value is -2.45. The number of phenolic OH excluding ortho intramolecular Hbond substituents is 1. The first-order valence-electron chi connectivity index (χ1n) is 7.96. The van der Waals surface area contributed by atoms with Gasteiger partial charge in [-0.25, -0.2) is 5.43 Å². The lowest BCUT2D eigenvalue weighted by Gasteiger charge is -2.20. The molecule has 0 saturated heterocycles. The van der Waals surface area contributed by atoms with Crippen molar-refractivity contribution >= 4 is 56.3 Å². The number of halogens is 1. The van der Waals surface area contributed by atoms with Crippen LogP contribution in [0.3, 0.4) is 0 Å². The van der Waals surface area contributed by atoms with Gasteiger partial charge in [0.15, 0.2) is 5.11 Å². The summed E-state index contributed by atoms with van der Waals surface area (Å²) < 4.78 is 0.974. The number of rotatable bonds is 3. The smallest absolute Gasteiger partial charge is 0.240 e. The lowest BCUT2D eigenvalue weighted by molar-refractivity contribution is -0.121. The maximum Gasteiger partial charge on any atom is 0.240 e. The van der Waals surface area contributed by atoms with Gasteiger partial charge < -0.3 is 15.7 Å². The predicted octanol–water partition coefficient (Wildman–Crippen LogP) is 3.82. The Balaban J connectivity index is 1.76. The normalized spacial score (nSPS) is 16.5. The van der Waals surface area contributed by atoms with Gasteiger partial charge in [-0.05, 0) is 54.7 Å². The molecule has 0 saturated carbocycles. The topological polar surface area (TPSA) is 85.8 Å². The lowest BCUT2D eigenvalue weighted by atomic mass is 9.94. The van der Waals surface area contributed by atoms with E-state index in [0.29, 0.717) is 17.2 Å². The van der Waals surface area contributed by atoms with Crippen molar-refractivity contribution in [2.45, 2.75) is 13.3 Å². The average Bonchev–Trinajstić information content (AvgIpc) is 2.59.